The zero-order valence-electron chi connectivity index (χ0n) is 31.8. The lowest BCUT2D eigenvalue weighted by Gasteiger charge is -2.72. The van der Waals surface area contributed by atoms with Gasteiger partial charge in [0.2, 0.25) is 0 Å². The highest BCUT2D eigenvalue weighted by Crippen LogP contribution is 2.77. The van der Waals surface area contributed by atoms with Crippen LogP contribution in [-0.2, 0) is 19.1 Å². The third kappa shape index (κ3) is 5.51. The first kappa shape index (κ1) is 36.8. The number of fused-ring (bicyclic) bond motifs is 7. The van der Waals surface area contributed by atoms with Gasteiger partial charge in [0.15, 0.2) is 0 Å². The monoisotopic (exact) mass is 687 g/mol. The Labute approximate surface area is 300 Å². The van der Waals surface area contributed by atoms with Gasteiger partial charge in [-0.2, -0.15) is 0 Å². The van der Waals surface area contributed by atoms with Crippen molar-refractivity contribution in [3.8, 4) is 0 Å². The van der Waals surface area contributed by atoms with Crippen LogP contribution in [0.15, 0.2) is 42.5 Å². The van der Waals surface area contributed by atoms with Crippen LogP contribution in [0.5, 0.6) is 0 Å². The van der Waals surface area contributed by atoms with Gasteiger partial charge >= 0.3 is 17.9 Å². The van der Waals surface area contributed by atoms with Crippen molar-refractivity contribution >= 4 is 23.5 Å². The maximum absolute atomic E-state index is 12.8. The van der Waals surface area contributed by atoms with E-state index in [1.807, 2.05) is 12.1 Å². The molecule has 6 rings (SSSR count). The summed E-state index contributed by atoms with van der Waals surface area (Å²) in [5.74, 6) is 0.941. The number of hydrogen-bond acceptors (Lipinski definition) is 6. The van der Waals surface area contributed by atoms with E-state index in [-0.39, 0.29) is 33.5 Å². The van der Waals surface area contributed by atoms with Crippen LogP contribution in [0.3, 0.4) is 0 Å². The Morgan fingerprint density at radius 1 is 0.900 bits per heavy atom. The molecule has 0 amide bonds. The number of carboxylic acid groups (broad SMARTS) is 1. The van der Waals surface area contributed by atoms with Crippen molar-refractivity contribution in [1.82, 2.24) is 5.32 Å². The van der Waals surface area contributed by atoms with Gasteiger partial charge in [-0.1, -0.05) is 65.0 Å². The molecule has 7 nitrogen and oxygen atoms in total. The Hall–Kier alpha value is -2.93. The Balaban J connectivity index is 1.31. The van der Waals surface area contributed by atoms with Crippen LogP contribution in [-0.4, -0.2) is 49.8 Å². The van der Waals surface area contributed by atoms with E-state index in [0.29, 0.717) is 41.7 Å². The first-order valence-corrected chi connectivity index (χ1v) is 19.1. The van der Waals surface area contributed by atoms with Crippen molar-refractivity contribution in [2.45, 2.75) is 112 Å². The topological polar surface area (TPSA) is 102 Å². The van der Waals surface area contributed by atoms with Gasteiger partial charge in [-0.3, -0.25) is 9.59 Å². The fraction of sp³-hybridized carbons (Fsp3) is 0.698. The summed E-state index contributed by atoms with van der Waals surface area (Å²) < 4.78 is 10.0. The molecular formula is C43H61NO6. The predicted molar refractivity (Wildman–Crippen MR) is 196 cm³/mol. The Morgan fingerprint density at radius 3 is 2.22 bits per heavy atom. The maximum atomic E-state index is 12.8. The van der Waals surface area contributed by atoms with Crippen LogP contribution in [0.2, 0.25) is 0 Å². The van der Waals surface area contributed by atoms with Gasteiger partial charge in [-0.05, 0) is 145 Å². The molecule has 0 aromatic heterocycles. The molecule has 0 spiro atoms. The molecule has 0 saturated heterocycles. The molecule has 0 unspecified atom stereocenters. The molecule has 2 N–H and O–H groups in total. The van der Waals surface area contributed by atoms with Crippen LogP contribution < -0.4 is 5.32 Å². The Bertz CT molecular complexity index is 1560. The fourth-order valence-corrected chi connectivity index (χ4v) is 13.4. The molecule has 5 aliphatic rings. The van der Waals surface area contributed by atoms with Crippen molar-refractivity contribution in [2.75, 3.05) is 20.8 Å². The number of methoxy groups -OCH3 is 2. The second kappa shape index (κ2) is 12.9. The number of aromatic carboxylic acids is 1. The second-order valence-electron chi connectivity index (χ2n) is 18.2. The molecule has 0 radical (unpaired) electrons. The van der Waals surface area contributed by atoms with E-state index >= 15 is 0 Å². The van der Waals surface area contributed by atoms with E-state index in [1.54, 1.807) is 12.1 Å². The van der Waals surface area contributed by atoms with Crippen LogP contribution in [0.1, 0.15) is 122 Å². The molecule has 274 valence electrons. The molecule has 50 heavy (non-hydrogen) atoms. The van der Waals surface area contributed by atoms with Gasteiger partial charge in [0.05, 0.1) is 26.2 Å². The number of carboxylic acids is 1. The predicted octanol–water partition coefficient (Wildman–Crippen LogP) is 8.73. The summed E-state index contributed by atoms with van der Waals surface area (Å²) in [6, 6.07) is 6.79. The molecule has 0 aliphatic heterocycles. The van der Waals surface area contributed by atoms with E-state index in [0.717, 1.165) is 31.2 Å². The molecule has 5 aliphatic carbocycles. The van der Waals surface area contributed by atoms with Gasteiger partial charge in [0.1, 0.15) is 6.04 Å². The zero-order chi connectivity index (χ0) is 36.4. The summed E-state index contributed by atoms with van der Waals surface area (Å²) in [7, 11) is 2.74. The van der Waals surface area contributed by atoms with Crippen molar-refractivity contribution in [1.29, 1.82) is 0 Å². The lowest BCUT2D eigenvalue weighted by atomic mass is 9.32. The minimum atomic E-state index is -0.885. The summed E-state index contributed by atoms with van der Waals surface area (Å²) in [6.07, 6.45) is 12.9. The third-order valence-electron chi connectivity index (χ3n) is 16.0. The summed E-state index contributed by atoms with van der Waals surface area (Å²) in [6.45, 7) is 20.2. The SMILES string of the molecule is C=C(C)[C@@H]1CC[C@]2(CN[C@@H](CC(=O)OC)C(=O)OC)CC[C@]3(C)[C@H](CC[C@@H]4[C@@]5(C)CC=C(c6ccc(C(=O)O)cc6)C(C)(C)[C@@H]5CC[C@]43C)[C@@H]12. The first-order valence-electron chi connectivity index (χ1n) is 19.1. The number of rotatable bonds is 9. The minimum absolute atomic E-state index is 0.0267. The smallest absolute Gasteiger partial charge is 0.335 e. The number of carbonyl (C=O) groups excluding carboxylic acids is 2. The highest BCUT2D eigenvalue weighted by molar-refractivity contribution is 5.88. The fourth-order valence-electron chi connectivity index (χ4n) is 13.4. The summed E-state index contributed by atoms with van der Waals surface area (Å²) >= 11 is 0. The molecular weight excluding hydrogens is 626 g/mol. The highest BCUT2D eigenvalue weighted by Gasteiger charge is 2.70. The Morgan fingerprint density at radius 2 is 1.60 bits per heavy atom. The molecule has 0 heterocycles. The molecule has 4 saturated carbocycles. The number of allylic oxidation sites excluding steroid dienone is 3. The van der Waals surface area contributed by atoms with Crippen molar-refractivity contribution in [3.63, 3.8) is 0 Å². The van der Waals surface area contributed by atoms with E-state index in [4.69, 9.17) is 9.47 Å². The van der Waals surface area contributed by atoms with E-state index in [2.05, 4.69) is 59.5 Å². The van der Waals surface area contributed by atoms with Crippen LogP contribution in [0, 0.1) is 56.7 Å². The molecule has 1 aromatic carbocycles. The van der Waals surface area contributed by atoms with Gasteiger partial charge in [0, 0.05) is 6.54 Å². The highest BCUT2D eigenvalue weighted by atomic mass is 16.5. The molecule has 10 atom stereocenters. The lowest BCUT2D eigenvalue weighted by molar-refractivity contribution is -0.225. The number of hydrogen-bond donors (Lipinski definition) is 2. The van der Waals surface area contributed by atoms with E-state index in [9.17, 15) is 19.5 Å². The van der Waals surface area contributed by atoms with Gasteiger partial charge in [-0.25, -0.2) is 4.79 Å². The average molecular weight is 688 g/mol. The lowest BCUT2D eigenvalue weighted by Crippen LogP contribution is -2.66. The van der Waals surface area contributed by atoms with Gasteiger partial charge < -0.3 is 19.9 Å². The minimum Gasteiger partial charge on any atom is -0.478 e. The number of benzene rings is 1. The normalized spacial score (nSPS) is 39.0. The zero-order valence-corrected chi connectivity index (χ0v) is 31.8. The maximum Gasteiger partial charge on any atom is 0.335 e. The molecule has 7 heteroatoms. The third-order valence-corrected chi connectivity index (χ3v) is 16.0. The number of ether oxygens (including phenoxy) is 2. The van der Waals surface area contributed by atoms with Crippen LogP contribution in [0.25, 0.3) is 5.57 Å². The Kier molecular flexibility index (Phi) is 9.53. The van der Waals surface area contributed by atoms with E-state index < -0.39 is 23.9 Å². The van der Waals surface area contributed by atoms with Crippen molar-refractivity contribution in [2.24, 2.45) is 56.7 Å². The first-order chi connectivity index (χ1) is 23.5. The summed E-state index contributed by atoms with van der Waals surface area (Å²) in [4.78, 5) is 36.6. The largest absolute Gasteiger partial charge is 0.478 e. The van der Waals surface area contributed by atoms with Crippen molar-refractivity contribution in [3.05, 3.63) is 53.6 Å². The van der Waals surface area contributed by atoms with Crippen molar-refractivity contribution < 1.29 is 29.0 Å². The summed E-state index contributed by atoms with van der Waals surface area (Å²) in [5, 5.41) is 13.0. The molecule has 0 bridgehead atoms. The van der Waals surface area contributed by atoms with Gasteiger partial charge in [0.25, 0.3) is 0 Å². The van der Waals surface area contributed by atoms with Crippen LogP contribution in [0.4, 0.5) is 0 Å². The number of carbonyl (C=O) groups is 3. The second-order valence-corrected chi connectivity index (χ2v) is 18.2. The average Bonchev–Trinajstić information content (AvgIpc) is 3.46. The number of esters is 2. The van der Waals surface area contributed by atoms with E-state index in [1.165, 1.54) is 57.5 Å². The number of nitrogens with one attached hydrogen (secondary N) is 1. The van der Waals surface area contributed by atoms with Crippen LogP contribution >= 0.6 is 0 Å². The molecule has 1 aromatic rings. The quantitative estimate of drug-likeness (QED) is 0.198. The summed E-state index contributed by atoms with van der Waals surface area (Å²) in [5.41, 5.74) is 4.71. The molecule has 4 fully saturated rings. The van der Waals surface area contributed by atoms with Gasteiger partial charge in [-0.15, -0.1) is 0 Å². The standard InChI is InChI=1S/C43H61NO6/c1-26(2)29-16-21-43(25-44-32(38(48)50-9)24-35(45)49-8)23-22-41(6)31(36(29)43)14-15-34-40(5)19-17-30(27-10-12-28(13-11-27)37(46)47)39(3,4)33(40)18-20-42(34,41)7/h10-13,17,29,31-34,36,44H,1,14-16,18-25H2,2-9H3,(H,46,47)/t29-,31+,32-,33-,34+,36+,40-,41+,42+,43+/m0/s1.